The Morgan fingerprint density at radius 3 is 1.74 bits per heavy atom. The summed E-state index contributed by atoms with van der Waals surface area (Å²) in [5.74, 6) is -0.610. The predicted molar refractivity (Wildman–Crippen MR) is 154 cm³/mol. The van der Waals surface area contributed by atoms with Gasteiger partial charge in [0.2, 0.25) is 5.91 Å². The third-order valence-corrected chi connectivity index (χ3v) is 9.20. The molecule has 4 aromatic carbocycles. The number of rotatable bonds is 9. The number of amides is 1. The second-order valence-corrected chi connectivity index (χ2v) is 12.8. The van der Waals surface area contributed by atoms with Crippen molar-refractivity contribution in [3.05, 3.63) is 113 Å². The first-order valence-corrected chi connectivity index (χ1v) is 15.1. The van der Waals surface area contributed by atoms with Crippen LogP contribution >= 0.6 is 11.6 Å². The summed E-state index contributed by atoms with van der Waals surface area (Å²) in [4.78, 5) is 13.0. The summed E-state index contributed by atoms with van der Waals surface area (Å²) in [6.45, 7) is 3.26. The molecule has 0 aliphatic heterocycles. The second kappa shape index (κ2) is 11.5. The molecule has 0 radical (unpaired) electrons. The highest BCUT2D eigenvalue weighted by atomic mass is 35.5. The van der Waals surface area contributed by atoms with Crippen molar-refractivity contribution in [3.8, 4) is 0 Å². The van der Waals surface area contributed by atoms with Gasteiger partial charge in [0.1, 0.15) is 6.54 Å². The quantitative estimate of drug-likeness (QED) is 0.267. The van der Waals surface area contributed by atoms with E-state index in [0.717, 1.165) is 15.4 Å². The van der Waals surface area contributed by atoms with Crippen LogP contribution in [0.4, 0.5) is 17.1 Å². The fourth-order valence-corrected chi connectivity index (χ4v) is 6.25. The first-order valence-electron chi connectivity index (χ1n) is 11.8. The summed E-state index contributed by atoms with van der Waals surface area (Å²) < 4.78 is 55.9. The van der Waals surface area contributed by atoms with Crippen molar-refractivity contribution >= 4 is 54.6 Å². The third kappa shape index (κ3) is 6.97. The number of hydrogen-bond acceptors (Lipinski definition) is 5. The molecule has 0 saturated heterocycles. The second-order valence-electron chi connectivity index (χ2n) is 8.85. The van der Waals surface area contributed by atoms with Crippen LogP contribution < -0.4 is 14.3 Å². The summed E-state index contributed by atoms with van der Waals surface area (Å²) in [6, 6.07) is 24.9. The van der Waals surface area contributed by atoms with Crippen LogP contribution in [0.5, 0.6) is 0 Å². The number of carbonyl (C=O) groups is 1. The van der Waals surface area contributed by atoms with E-state index >= 15 is 0 Å². The highest BCUT2D eigenvalue weighted by Gasteiger charge is 2.27. The van der Waals surface area contributed by atoms with Crippen LogP contribution in [0, 0.1) is 13.8 Å². The molecule has 1 amide bonds. The number of nitrogens with zero attached hydrogens (tertiary/aromatic N) is 1. The summed E-state index contributed by atoms with van der Waals surface area (Å²) >= 11 is 5.92. The maximum atomic E-state index is 13.5. The van der Waals surface area contributed by atoms with E-state index in [1.165, 1.54) is 48.5 Å². The molecule has 2 N–H and O–H groups in total. The van der Waals surface area contributed by atoms with Crippen molar-refractivity contribution in [2.24, 2.45) is 0 Å². The Labute approximate surface area is 233 Å². The van der Waals surface area contributed by atoms with Crippen LogP contribution in [0.2, 0.25) is 5.02 Å². The highest BCUT2D eigenvalue weighted by molar-refractivity contribution is 7.93. The monoisotopic (exact) mass is 583 g/mol. The lowest BCUT2D eigenvalue weighted by molar-refractivity contribution is -0.114. The van der Waals surface area contributed by atoms with E-state index in [1.807, 2.05) is 13.8 Å². The van der Waals surface area contributed by atoms with E-state index in [4.69, 9.17) is 11.6 Å². The molecule has 0 aromatic heterocycles. The zero-order valence-electron chi connectivity index (χ0n) is 21.1. The third-order valence-electron chi connectivity index (χ3n) is 5.76. The molecular weight excluding hydrogens is 558 g/mol. The van der Waals surface area contributed by atoms with Crippen molar-refractivity contribution in [3.63, 3.8) is 0 Å². The van der Waals surface area contributed by atoms with Crippen LogP contribution in [0.25, 0.3) is 0 Å². The normalized spacial score (nSPS) is 11.6. The van der Waals surface area contributed by atoms with Crippen molar-refractivity contribution in [1.29, 1.82) is 0 Å². The summed E-state index contributed by atoms with van der Waals surface area (Å²) in [7, 11) is -7.95. The van der Waals surface area contributed by atoms with Gasteiger partial charge in [0.15, 0.2) is 0 Å². The summed E-state index contributed by atoms with van der Waals surface area (Å²) in [5, 5.41) is 3.02. The number of sulfonamides is 2. The molecule has 0 aliphatic carbocycles. The van der Waals surface area contributed by atoms with Crippen LogP contribution in [0.3, 0.4) is 0 Å². The van der Waals surface area contributed by atoms with Gasteiger partial charge in [-0.25, -0.2) is 16.8 Å². The molecule has 11 heteroatoms. The average Bonchev–Trinajstić information content (AvgIpc) is 2.90. The van der Waals surface area contributed by atoms with Gasteiger partial charge in [-0.1, -0.05) is 47.0 Å². The zero-order valence-corrected chi connectivity index (χ0v) is 23.5. The molecule has 0 aliphatic rings. The van der Waals surface area contributed by atoms with Gasteiger partial charge < -0.3 is 5.32 Å². The SMILES string of the molecule is Cc1ccc(NS(=O)(=O)c2ccc(NC(=O)CN(c3ccc(C)cc3)S(=O)(=O)c3ccc(Cl)cc3)cc2)cc1. The van der Waals surface area contributed by atoms with Gasteiger partial charge in [-0.2, -0.15) is 0 Å². The lowest BCUT2D eigenvalue weighted by atomic mass is 10.2. The molecule has 0 spiro atoms. The smallest absolute Gasteiger partial charge is 0.264 e. The number of aryl methyl sites for hydroxylation is 2. The zero-order chi connectivity index (χ0) is 28.2. The fourth-order valence-electron chi connectivity index (χ4n) is 3.64. The molecule has 8 nitrogen and oxygen atoms in total. The largest absolute Gasteiger partial charge is 0.325 e. The minimum Gasteiger partial charge on any atom is -0.325 e. The number of nitrogens with one attached hydrogen (secondary N) is 2. The number of hydrogen-bond donors (Lipinski definition) is 2. The van der Waals surface area contributed by atoms with E-state index in [-0.39, 0.29) is 9.79 Å². The molecule has 0 saturated carbocycles. The van der Waals surface area contributed by atoms with Crippen LogP contribution in [0.1, 0.15) is 11.1 Å². The fraction of sp³-hybridized carbons (Fsp3) is 0.107. The van der Waals surface area contributed by atoms with Gasteiger partial charge in [-0.3, -0.25) is 13.8 Å². The van der Waals surface area contributed by atoms with Crippen LogP contribution in [-0.2, 0) is 24.8 Å². The maximum Gasteiger partial charge on any atom is 0.264 e. The Hall–Kier alpha value is -3.86. The van der Waals surface area contributed by atoms with Gasteiger partial charge >= 0.3 is 0 Å². The first-order chi connectivity index (χ1) is 18.4. The maximum absolute atomic E-state index is 13.5. The number of benzene rings is 4. The molecule has 4 aromatic rings. The average molecular weight is 584 g/mol. The van der Waals surface area contributed by atoms with Crippen molar-refractivity contribution in [1.82, 2.24) is 0 Å². The molecule has 0 atom stereocenters. The van der Waals surface area contributed by atoms with Gasteiger partial charge in [0.05, 0.1) is 15.5 Å². The van der Waals surface area contributed by atoms with E-state index in [2.05, 4.69) is 10.0 Å². The molecule has 202 valence electrons. The van der Waals surface area contributed by atoms with Crippen molar-refractivity contribution in [2.75, 3.05) is 20.9 Å². The molecule has 0 fully saturated rings. The van der Waals surface area contributed by atoms with E-state index in [0.29, 0.717) is 22.1 Å². The minimum absolute atomic E-state index is 0.00710. The van der Waals surface area contributed by atoms with Gasteiger partial charge in [0, 0.05) is 16.4 Å². The standard InChI is InChI=1S/C28H26ClN3O5S2/c1-20-3-9-24(10-4-20)31-38(34,35)26-17-11-23(12-18-26)30-28(33)19-32(25-13-5-21(2)6-14-25)39(36,37)27-15-7-22(29)8-16-27/h3-18,31H,19H2,1-2H3,(H,30,33). The van der Waals surface area contributed by atoms with Crippen molar-refractivity contribution in [2.45, 2.75) is 23.6 Å². The minimum atomic E-state index is -4.10. The Bertz CT molecular complexity index is 1670. The number of halogens is 1. The topological polar surface area (TPSA) is 113 Å². The van der Waals surface area contributed by atoms with Crippen molar-refractivity contribution < 1.29 is 21.6 Å². The Morgan fingerprint density at radius 1 is 0.692 bits per heavy atom. The summed E-state index contributed by atoms with van der Waals surface area (Å²) in [5.41, 5.74) is 2.98. The molecule has 0 bridgehead atoms. The molecule has 39 heavy (non-hydrogen) atoms. The van der Waals surface area contributed by atoms with Gasteiger partial charge in [-0.15, -0.1) is 0 Å². The Balaban J connectivity index is 1.52. The molecule has 0 heterocycles. The highest BCUT2D eigenvalue weighted by Crippen LogP contribution is 2.26. The van der Waals surface area contributed by atoms with Crippen LogP contribution in [-0.4, -0.2) is 29.3 Å². The van der Waals surface area contributed by atoms with Crippen LogP contribution in [0.15, 0.2) is 107 Å². The number of anilines is 3. The number of carbonyl (C=O) groups excluding carboxylic acids is 1. The Kier molecular flexibility index (Phi) is 8.29. The lowest BCUT2D eigenvalue weighted by Crippen LogP contribution is -2.38. The predicted octanol–water partition coefficient (Wildman–Crippen LogP) is 5.59. The first kappa shape index (κ1) is 28.2. The van der Waals surface area contributed by atoms with E-state index in [1.54, 1.807) is 48.5 Å². The van der Waals surface area contributed by atoms with Gasteiger partial charge in [-0.05, 0) is 86.6 Å². The Morgan fingerprint density at radius 2 is 1.18 bits per heavy atom. The molecular formula is C28H26ClN3O5S2. The lowest BCUT2D eigenvalue weighted by Gasteiger charge is -2.24. The van der Waals surface area contributed by atoms with E-state index < -0.39 is 32.5 Å². The van der Waals surface area contributed by atoms with Gasteiger partial charge in [0.25, 0.3) is 20.0 Å². The molecule has 4 rings (SSSR count). The van der Waals surface area contributed by atoms with E-state index in [9.17, 15) is 21.6 Å². The molecule has 0 unspecified atom stereocenters. The summed E-state index contributed by atoms with van der Waals surface area (Å²) in [6.07, 6.45) is 0.